The molecule has 0 amide bonds. The highest BCUT2D eigenvalue weighted by Crippen LogP contribution is 2.20. The topological polar surface area (TPSA) is 66.4 Å². The average molecular weight is 291 g/mol. The van der Waals surface area contributed by atoms with E-state index in [0.717, 1.165) is 5.56 Å². The summed E-state index contributed by atoms with van der Waals surface area (Å²) in [6.07, 6.45) is -0.705. The number of aryl methyl sites for hydroxylation is 1. The summed E-state index contributed by atoms with van der Waals surface area (Å²) in [4.78, 5) is 0.136. The van der Waals surface area contributed by atoms with Crippen molar-refractivity contribution < 1.29 is 13.5 Å². The predicted molar refractivity (Wildman–Crippen MR) is 79.1 cm³/mol. The molecular formula is C15H17NO3S. The maximum absolute atomic E-state index is 12.3. The van der Waals surface area contributed by atoms with Gasteiger partial charge in [-0.05, 0) is 49.2 Å². The van der Waals surface area contributed by atoms with Crippen molar-refractivity contribution in [1.82, 2.24) is 0 Å². The first-order valence-corrected chi connectivity index (χ1v) is 7.74. The Labute approximate surface area is 119 Å². The average Bonchev–Trinajstić information content (AvgIpc) is 2.38. The van der Waals surface area contributed by atoms with Crippen molar-refractivity contribution in [1.29, 1.82) is 0 Å². The van der Waals surface area contributed by atoms with E-state index in [2.05, 4.69) is 4.72 Å². The molecule has 2 aromatic rings. The summed E-state index contributed by atoms with van der Waals surface area (Å²) in [5.74, 6) is 0. The third-order valence-corrected chi connectivity index (χ3v) is 4.30. The zero-order chi connectivity index (χ0) is 14.8. The first-order chi connectivity index (χ1) is 9.38. The predicted octanol–water partition coefficient (Wildman–Crippen LogP) is 2.85. The normalized spacial score (nSPS) is 12.9. The van der Waals surface area contributed by atoms with Gasteiger partial charge in [0.1, 0.15) is 0 Å². The highest BCUT2D eigenvalue weighted by Gasteiger charge is 2.15. The molecule has 0 aliphatic heterocycles. The molecule has 4 nitrogen and oxygen atoms in total. The summed E-state index contributed by atoms with van der Waals surface area (Å²) in [6.45, 7) is 3.49. The molecule has 0 aromatic heterocycles. The van der Waals surface area contributed by atoms with Gasteiger partial charge in [0.2, 0.25) is 0 Å². The number of sulfonamides is 1. The lowest BCUT2D eigenvalue weighted by Crippen LogP contribution is -2.13. The maximum Gasteiger partial charge on any atom is 0.261 e. The van der Waals surface area contributed by atoms with Crippen molar-refractivity contribution >= 4 is 15.7 Å². The summed E-state index contributed by atoms with van der Waals surface area (Å²) in [5.41, 5.74) is 2.06. The van der Waals surface area contributed by atoms with Gasteiger partial charge in [-0.1, -0.05) is 24.3 Å². The van der Waals surface area contributed by atoms with Gasteiger partial charge in [-0.15, -0.1) is 0 Å². The largest absolute Gasteiger partial charge is 0.389 e. The van der Waals surface area contributed by atoms with Crippen molar-refractivity contribution in [3.8, 4) is 0 Å². The van der Waals surface area contributed by atoms with Crippen LogP contribution in [-0.2, 0) is 10.0 Å². The van der Waals surface area contributed by atoms with E-state index in [1.807, 2.05) is 13.0 Å². The molecule has 0 heterocycles. The van der Waals surface area contributed by atoms with Gasteiger partial charge in [0.15, 0.2) is 0 Å². The SMILES string of the molecule is Cc1cccc(NS(=O)(=O)c2cccc(C(C)O)c2)c1. The van der Waals surface area contributed by atoms with Crippen LogP contribution in [0, 0.1) is 6.92 Å². The number of nitrogens with one attached hydrogen (secondary N) is 1. The Kier molecular flexibility index (Phi) is 4.11. The Bertz CT molecular complexity index is 709. The Hall–Kier alpha value is -1.85. The van der Waals surface area contributed by atoms with Crippen LogP contribution in [0.5, 0.6) is 0 Å². The highest BCUT2D eigenvalue weighted by atomic mass is 32.2. The van der Waals surface area contributed by atoms with E-state index < -0.39 is 16.1 Å². The minimum Gasteiger partial charge on any atom is -0.389 e. The monoisotopic (exact) mass is 291 g/mol. The molecule has 2 N–H and O–H groups in total. The van der Waals surface area contributed by atoms with Gasteiger partial charge in [0, 0.05) is 5.69 Å². The molecule has 2 aromatic carbocycles. The summed E-state index contributed by atoms with van der Waals surface area (Å²) in [5, 5.41) is 9.52. The minimum absolute atomic E-state index is 0.136. The fourth-order valence-corrected chi connectivity index (χ4v) is 2.97. The molecule has 0 radical (unpaired) electrons. The van der Waals surface area contributed by atoms with E-state index in [1.165, 1.54) is 12.1 Å². The molecule has 0 fully saturated rings. The molecule has 5 heteroatoms. The van der Waals surface area contributed by atoms with E-state index in [0.29, 0.717) is 11.3 Å². The molecule has 1 unspecified atom stereocenters. The first-order valence-electron chi connectivity index (χ1n) is 6.26. The lowest BCUT2D eigenvalue weighted by atomic mass is 10.1. The van der Waals surface area contributed by atoms with Crippen LogP contribution < -0.4 is 4.72 Å². The molecule has 0 aliphatic rings. The number of aliphatic hydroxyl groups is 1. The fourth-order valence-electron chi connectivity index (χ4n) is 1.86. The molecule has 106 valence electrons. The van der Waals surface area contributed by atoms with Crippen molar-refractivity contribution in [2.24, 2.45) is 0 Å². The maximum atomic E-state index is 12.3. The van der Waals surface area contributed by atoms with Gasteiger partial charge in [-0.2, -0.15) is 0 Å². The summed E-state index contributed by atoms with van der Waals surface area (Å²) in [6, 6.07) is 13.4. The second-order valence-electron chi connectivity index (χ2n) is 4.72. The van der Waals surface area contributed by atoms with Gasteiger partial charge in [-0.3, -0.25) is 4.72 Å². The van der Waals surface area contributed by atoms with Gasteiger partial charge >= 0.3 is 0 Å². The second-order valence-corrected chi connectivity index (χ2v) is 6.41. The summed E-state index contributed by atoms with van der Waals surface area (Å²) in [7, 11) is -3.65. The second kappa shape index (κ2) is 5.64. The summed E-state index contributed by atoms with van der Waals surface area (Å²) >= 11 is 0. The van der Waals surface area contributed by atoms with Crippen LogP contribution in [0.3, 0.4) is 0 Å². The van der Waals surface area contributed by atoms with E-state index in [-0.39, 0.29) is 4.90 Å². The number of hydrogen-bond donors (Lipinski definition) is 2. The molecule has 0 saturated heterocycles. The van der Waals surface area contributed by atoms with Gasteiger partial charge in [0.05, 0.1) is 11.0 Å². The van der Waals surface area contributed by atoms with Gasteiger partial charge in [-0.25, -0.2) is 8.42 Å². The zero-order valence-electron chi connectivity index (χ0n) is 11.4. The van der Waals surface area contributed by atoms with Crippen molar-refractivity contribution in [2.45, 2.75) is 24.8 Å². The van der Waals surface area contributed by atoms with Crippen LogP contribution in [0.2, 0.25) is 0 Å². The molecule has 20 heavy (non-hydrogen) atoms. The van der Waals surface area contributed by atoms with Gasteiger partial charge in [0.25, 0.3) is 10.0 Å². The van der Waals surface area contributed by atoms with Crippen LogP contribution >= 0.6 is 0 Å². The summed E-state index contributed by atoms with van der Waals surface area (Å²) < 4.78 is 27.1. The van der Waals surface area contributed by atoms with E-state index in [4.69, 9.17) is 0 Å². The molecule has 1 atom stereocenters. The van der Waals surface area contributed by atoms with E-state index in [9.17, 15) is 13.5 Å². The molecular weight excluding hydrogens is 274 g/mol. The lowest BCUT2D eigenvalue weighted by molar-refractivity contribution is 0.199. The van der Waals surface area contributed by atoms with Crippen LogP contribution in [0.4, 0.5) is 5.69 Å². The molecule has 0 bridgehead atoms. The number of rotatable bonds is 4. The Morgan fingerprint density at radius 3 is 2.45 bits per heavy atom. The van der Waals surface area contributed by atoms with E-state index >= 15 is 0 Å². The number of hydrogen-bond acceptors (Lipinski definition) is 3. The van der Waals surface area contributed by atoms with Crippen molar-refractivity contribution in [3.63, 3.8) is 0 Å². The molecule has 0 saturated carbocycles. The van der Waals surface area contributed by atoms with Crippen LogP contribution in [0.1, 0.15) is 24.2 Å². The Morgan fingerprint density at radius 1 is 1.10 bits per heavy atom. The quantitative estimate of drug-likeness (QED) is 0.910. The smallest absolute Gasteiger partial charge is 0.261 e. The lowest BCUT2D eigenvalue weighted by Gasteiger charge is -2.11. The highest BCUT2D eigenvalue weighted by molar-refractivity contribution is 7.92. The molecule has 0 aliphatic carbocycles. The third-order valence-electron chi connectivity index (χ3n) is 2.92. The Balaban J connectivity index is 2.33. The molecule has 2 rings (SSSR count). The minimum atomic E-state index is -3.65. The number of benzene rings is 2. The van der Waals surface area contributed by atoms with Crippen molar-refractivity contribution in [3.05, 3.63) is 59.7 Å². The van der Waals surface area contributed by atoms with Crippen LogP contribution in [0.25, 0.3) is 0 Å². The zero-order valence-corrected chi connectivity index (χ0v) is 12.2. The van der Waals surface area contributed by atoms with Crippen LogP contribution in [-0.4, -0.2) is 13.5 Å². The van der Waals surface area contributed by atoms with Crippen LogP contribution in [0.15, 0.2) is 53.4 Å². The Morgan fingerprint density at radius 2 is 1.80 bits per heavy atom. The van der Waals surface area contributed by atoms with Crippen molar-refractivity contribution in [2.75, 3.05) is 4.72 Å². The standard InChI is InChI=1S/C15H17NO3S/c1-11-5-3-7-14(9-11)16-20(18,19)15-8-4-6-13(10-15)12(2)17/h3-10,12,16-17H,1-2H3. The first kappa shape index (κ1) is 14.6. The van der Waals surface area contributed by atoms with E-state index in [1.54, 1.807) is 37.3 Å². The van der Waals surface area contributed by atoms with Gasteiger partial charge < -0.3 is 5.11 Å². The fraction of sp³-hybridized carbons (Fsp3) is 0.200. The third kappa shape index (κ3) is 3.37. The molecule has 0 spiro atoms. The number of aliphatic hydroxyl groups excluding tert-OH is 1. The number of anilines is 1.